The molecule has 6 unspecified atom stereocenters. The van der Waals surface area contributed by atoms with Crippen molar-refractivity contribution in [2.75, 3.05) is 6.54 Å². The summed E-state index contributed by atoms with van der Waals surface area (Å²) in [5.41, 5.74) is 12.5. The third kappa shape index (κ3) is 2.18. The molecule has 1 saturated heterocycles. The molecule has 3 aliphatic carbocycles. The highest BCUT2D eigenvalue weighted by Crippen LogP contribution is 2.56. The number of carbonyl (C=O) groups excluding carboxylic acids is 1. The van der Waals surface area contributed by atoms with Crippen LogP contribution in [0.4, 0.5) is 0 Å². The van der Waals surface area contributed by atoms with Gasteiger partial charge in [0.15, 0.2) is 5.78 Å². The van der Waals surface area contributed by atoms with Gasteiger partial charge < -0.3 is 11.5 Å². The van der Waals surface area contributed by atoms with Gasteiger partial charge in [-0.3, -0.25) is 10.1 Å². The number of ketones is 1. The Bertz CT molecular complexity index is 440. The zero-order valence-corrected chi connectivity index (χ0v) is 14.2. The Labute approximate surface area is 134 Å². The number of rotatable bonds is 0. The van der Waals surface area contributed by atoms with Crippen LogP contribution in [0.15, 0.2) is 0 Å². The van der Waals surface area contributed by atoms with E-state index < -0.39 is 5.66 Å². The second-order valence-corrected chi connectivity index (χ2v) is 7.72. The molecule has 6 atom stereocenters. The molecule has 5 N–H and O–H groups in total. The van der Waals surface area contributed by atoms with Crippen LogP contribution >= 0.6 is 0 Å². The van der Waals surface area contributed by atoms with E-state index in [1.165, 1.54) is 32.1 Å². The smallest absolute Gasteiger partial charge is 0.167 e. The first-order chi connectivity index (χ1) is 10.6. The zero-order valence-electron chi connectivity index (χ0n) is 14.2. The van der Waals surface area contributed by atoms with E-state index >= 15 is 0 Å². The number of nitrogens with two attached hydrogens (primary N) is 2. The minimum atomic E-state index is -0.737. The molecule has 1 aliphatic heterocycles. The normalized spacial score (nSPS) is 50.3. The molecule has 4 aliphatic rings. The van der Waals surface area contributed by atoms with Crippen molar-refractivity contribution in [1.82, 2.24) is 5.32 Å². The molecule has 0 aromatic carbocycles. The van der Waals surface area contributed by atoms with E-state index in [0.717, 1.165) is 19.4 Å². The second kappa shape index (κ2) is 5.88. The summed E-state index contributed by atoms with van der Waals surface area (Å²) < 4.78 is 0. The summed E-state index contributed by atoms with van der Waals surface area (Å²) in [6.07, 6.45) is 9.07. The van der Waals surface area contributed by atoms with Crippen LogP contribution in [0.1, 0.15) is 65.2 Å². The molecule has 0 aromatic heterocycles. The predicted octanol–water partition coefficient (Wildman–Crippen LogP) is 2.16. The summed E-state index contributed by atoms with van der Waals surface area (Å²) in [4.78, 5) is 12.6. The number of hydrogen-bond donors (Lipinski definition) is 3. The van der Waals surface area contributed by atoms with Crippen molar-refractivity contribution >= 4 is 5.78 Å². The SMILES string of the molecule is CC.NC12NCCC1C1CCC3CCCCC3(N)C1CC2=O. The molecular formula is C18H33N3O. The van der Waals surface area contributed by atoms with E-state index in [2.05, 4.69) is 5.32 Å². The van der Waals surface area contributed by atoms with Gasteiger partial charge in [-0.25, -0.2) is 0 Å². The Morgan fingerprint density at radius 3 is 2.59 bits per heavy atom. The largest absolute Gasteiger partial charge is 0.325 e. The van der Waals surface area contributed by atoms with E-state index in [4.69, 9.17) is 11.5 Å². The Balaban J connectivity index is 0.000000693. The van der Waals surface area contributed by atoms with Crippen molar-refractivity contribution in [1.29, 1.82) is 0 Å². The van der Waals surface area contributed by atoms with Gasteiger partial charge >= 0.3 is 0 Å². The molecular weight excluding hydrogens is 274 g/mol. The van der Waals surface area contributed by atoms with Crippen LogP contribution in [0.2, 0.25) is 0 Å². The summed E-state index contributed by atoms with van der Waals surface area (Å²) >= 11 is 0. The third-order valence-electron chi connectivity index (χ3n) is 7.07. The highest BCUT2D eigenvalue weighted by Gasteiger charge is 2.61. The predicted molar refractivity (Wildman–Crippen MR) is 89.1 cm³/mol. The average molecular weight is 307 g/mol. The first kappa shape index (κ1) is 16.4. The molecule has 4 nitrogen and oxygen atoms in total. The molecule has 126 valence electrons. The maximum absolute atomic E-state index is 12.6. The number of nitrogens with one attached hydrogen (secondary N) is 1. The quantitative estimate of drug-likeness (QED) is 0.640. The average Bonchev–Trinajstić information content (AvgIpc) is 2.93. The van der Waals surface area contributed by atoms with Gasteiger partial charge in [-0.1, -0.05) is 26.7 Å². The minimum absolute atomic E-state index is 0.0826. The van der Waals surface area contributed by atoms with Gasteiger partial charge in [0.25, 0.3) is 0 Å². The lowest BCUT2D eigenvalue weighted by Gasteiger charge is -2.58. The fourth-order valence-corrected chi connectivity index (χ4v) is 6.03. The topological polar surface area (TPSA) is 81.1 Å². The van der Waals surface area contributed by atoms with Crippen molar-refractivity contribution in [3.8, 4) is 0 Å². The Morgan fingerprint density at radius 1 is 1.05 bits per heavy atom. The lowest BCUT2D eigenvalue weighted by Crippen LogP contribution is -2.70. The highest BCUT2D eigenvalue weighted by atomic mass is 16.1. The van der Waals surface area contributed by atoms with E-state index in [-0.39, 0.29) is 11.3 Å². The van der Waals surface area contributed by atoms with Crippen LogP contribution in [0.3, 0.4) is 0 Å². The molecule has 3 saturated carbocycles. The van der Waals surface area contributed by atoms with Crippen LogP contribution in [-0.2, 0) is 4.79 Å². The Morgan fingerprint density at radius 2 is 1.82 bits per heavy atom. The maximum atomic E-state index is 12.6. The molecule has 0 aromatic rings. The first-order valence-electron chi connectivity index (χ1n) is 9.42. The van der Waals surface area contributed by atoms with Crippen LogP contribution < -0.4 is 16.8 Å². The van der Waals surface area contributed by atoms with Gasteiger partial charge in [0.1, 0.15) is 5.66 Å². The van der Waals surface area contributed by atoms with Crippen molar-refractivity contribution in [2.24, 2.45) is 35.1 Å². The Kier molecular flexibility index (Phi) is 4.39. The van der Waals surface area contributed by atoms with Crippen molar-refractivity contribution in [3.63, 3.8) is 0 Å². The number of hydrogen-bond acceptors (Lipinski definition) is 4. The molecule has 22 heavy (non-hydrogen) atoms. The molecule has 4 heteroatoms. The van der Waals surface area contributed by atoms with Crippen LogP contribution in [0.25, 0.3) is 0 Å². The first-order valence-corrected chi connectivity index (χ1v) is 9.42. The number of fused-ring (bicyclic) bond motifs is 5. The summed E-state index contributed by atoms with van der Waals surface area (Å²) in [5.74, 6) is 2.13. The fraction of sp³-hybridized carbons (Fsp3) is 0.944. The van der Waals surface area contributed by atoms with Gasteiger partial charge in [-0.15, -0.1) is 0 Å². The van der Waals surface area contributed by atoms with Crippen LogP contribution in [-0.4, -0.2) is 23.5 Å². The van der Waals surface area contributed by atoms with Gasteiger partial charge in [-0.2, -0.15) is 0 Å². The third-order valence-corrected chi connectivity index (χ3v) is 7.07. The number of carbonyl (C=O) groups is 1. The van der Waals surface area contributed by atoms with Crippen LogP contribution in [0.5, 0.6) is 0 Å². The van der Waals surface area contributed by atoms with E-state index in [9.17, 15) is 4.79 Å². The van der Waals surface area contributed by atoms with Gasteiger partial charge in [-0.05, 0) is 56.4 Å². The van der Waals surface area contributed by atoms with Crippen LogP contribution in [0, 0.1) is 23.7 Å². The number of Topliss-reactive ketones (excluding diaryl/α,β-unsaturated/α-hetero) is 1. The molecule has 4 fully saturated rings. The van der Waals surface area contributed by atoms with Gasteiger partial charge in [0, 0.05) is 17.9 Å². The zero-order chi connectivity index (χ0) is 16.0. The lowest BCUT2D eigenvalue weighted by molar-refractivity contribution is -0.139. The Hall–Kier alpha value is -0.450. The maximum Gasteiger partial charge on any atom is 0.167 e. The standard InChI is InChI=1S/C16H27N3O.C2H6/c17-15-7-2-1-3-10(15)4-5-11-12-6-8-19-16(12,18)14(20)9-13(11)15;1-2/h10-13,19H,1-9,17-18H2;1-2H3. The fourth-order valence-electron chi connectivity index (χ4n) is 6.03. The molecule has 0 radical (unpaired) electrons. The molecule has 4 rings (SSSR count). The monoisotopic (exact) mass is 307 g/mol. The molecule has 0 amide bonds. The van der Waals surface area contributed by atoms with Gasteiger partial charge in [0.2, 0.25) is 0 Å². The summed E-state index contributed by atoms with van der Waals surface area (Å²) in [6, 6.07) is 0. The van der Waals surface area contributed by atoms with Crippen molar-refractivity contribution < 1.29 is 4.79 Å². The molecule has 1 heterocycles. The summed E-state index contributed by atoms with van der Waals surface area (Å²) in [6.45, 7) is 4.89. The highest BCUT2D eigenvalue weighted by molar-refractivity contribution is 5.90. The van der Waals surface area contributed by atoms with E-state index in [0.29, 0.717) is 30.1 Å². The van der Waals surface area contributed by atoms with Crippen molar-refractivity contribution in [3.05, 3.63) is 0 Å². The van der Waals surface area contributed by atoms with Gasteiger partial charge in [0.05, 0.1) is 0 Å². The lowest BCUT2D eigenvalue weighted by atomic mass is 9.50. The molecule has 0 bridgehead atoms. The second-order valence-electron chi connectivity index (χ2n) is 7.72. The molecule has 0 spiro atoms. The van der Waals surface area contributed by atoms with Crippen molar-refractivity contribution in [2.45, 2.75) is 76.4 Å². The van der Waals surface area contributed by atoms with E-state index in [1.54, 1.807) is 0 Å². The van der Waals surface area contributed by atoms with E-state index in [1.807, 2.05) is 13.8 Å². The minimum Gasteiger partial charge on any atom is -0.325 e. The summed E-state index contributed by atoms with van der Waals surface area (Å²) in [5, 5.41) is 3.29. The summed E-state index contributed by atoms with van der Waals surface area (Å²) in [7, 11) is 0.